The van der Waals surface area contributed by atoms with Gasteiger partial charge < -0.3 is 14.2 Å². The molecular weight excluding hydrogens is 292 g/mol. The lowest BCUT2D eigenvalue weighted by Gasteiger charge is -2.08. The lowest BCUT2D eigenvalue weighted by atomic mass is 10.0. The molecule has 3 aromatic heterocycles. The molecule has 1 aromatic carbocycles. The highest BCUT2D eigenvalue weighted by atomic mass is 16.5. The minimum absolute atomic E-state index is 0.738. The van der Waals surface area contributed by atoms with Gasteiger partial charge in [0.2, 0.25) is 0 Å². The van der Waals surface area contributed by atoms with Crippen molar-refractivity contribution in [1.29, 1.82) is 0 Å². The van der Waals surface area contributed by atoms with E-state index in [0.29, 0.717) is 0 Å². The first-order valence-corrected chi connectivity index (χ1v) is 7.35. The van der Waals surface area contributed by atoms with Gasteiger partial charge in [0.15, 0.2) is 0 Å². The summed E-state index contributed by atoms with van der Waals surface area (Å²) in [5.41, 5.74) is 4.56. The van der Waals surface area contributed by atoms with Crippen LogP contribution in [0.2, 0.25) is 0 Å². The van der Waals surface area contributed by atoms with Gasteiger partial charge >= 0.3 is 0 Å². The van der Waals surface area contributed by atoms with Crippen molar-refractivity contribution in [1.82, 2.24) is 20.1 Å². The third-order valence-electron chi connectivity index (χ3n) is 4.09. The topological polar surface area (TPSA) is 76.8 Å². The van der Waals surface area contributed by atoms with E-state index in [2.05, 4.69) is 26.2 Å². The summed E-state index contributed by atoms with van der Waals surface area (Å²) in [4.78, 5) is 12.1. The van der Waals surface area contributed by atoms with Crippen molar-refractivity contribution in [2.24, 2.45) is 0 Å². The molecule has 0 fully saturated rings. The van der Waals surface area contributed by atoms with E-state index in [1.807, 2.05) is 33.0 Å². The van der Waals surface area contributed by atoms with Crippen LogP contribution in [0.4, 0.5) is 0 Å². The first-order valence-electron chi connectivity index (χ1n) is 7.35. The number of hydrogen-bond donors (Lipinski definition) is 1. The summed E-state index contributed by atoms with van der Waals surface area (Å²) in [5, 5.41) is 6.05. The van der Waals surface area contributed by atoms with Crippen LogP contribution in [0.3, 0.4) is 0 Å². The minimum atomic E-state index is 0.738. The maximum Gasteiger partial charge on any atom is 0.142 e. The Morgan fingerprint density at radius 2 is 1.96 bits per heavy atom. The second-order valence-corrected chi connectivity index (χ2v) is 5.60. The summed E-state index contributed by atoms with van der Waals surface area (Å²) in [7, 11) is 1.67. The van der Waals surface area contributed by atoms with E-state index in [9.17, 15) is 0 Å². The molecule has 3 heterocycles. The number of fused-ring (bicyclic) bond motifs is 3. The van der Waals surface area contributed by atoms with Gasteiger partial charge in [-0.1, -0.05) is 5.16 Å². The van der Waals surface area contributed by atoms with E-state index in [1.165, 1.54) is 0 Å². The number of nitrogens with zero attached hydrogens (tertiary/aromatic N) is 3. The molecule has 6 nitrogen and oxygen atoms in total. The number of nitrogens with one attached hydrogen (secondary N) is 1. The van der Waals surface area contributed by atoms with Gasteiger partial charge in [0.1, 0.15) is 23.0 Å². The molecule has 0 bridgehead atoms. The van der Waals surface area contributed by atoms with Crippen molar-refractivity contribution in [3.63, 3.8) is 0 Å². The molecule has 0 aliphatic rings. The third kappa shape index (κ3) is 1.98. The molecule has 1 N–H and O–H groups in total. The monoisotopic (exact) mass is 308 g/mol. The van der Waals surface area contributed by atoms with Crippen molar-refractivity contribution < 1.29 is 9.26 Å². The van der Waals surface area contributed by atoms with Crippen molar-refractivity contribution in [2.45, 2.75) is 20.8 Å². The summed E-state index contributed by atoms with van der Waals surface area (Å²) < 4.78 is 10.9. The van der Waals surface area contributed by atoms with Gasteiger partial charge in [0.25, 0.3) is 0 Å². The number of aromatic nitrogens is 4. The first-order chi connectivity index (χ1) is 11.1. The van der Waals surface area contributed by atoms with Crippen LogP contribution in [0, 0.1) is 20.8 Å². The van der Waals surface area contributed by atoms with Crippen molar-refractivity contribution in [3.8, 4) is 16.9 Å². The van der Waals surface area contributed by atoms with Crippen LogP contribution in [0.1, 0.15) is 17.3 Å². The Labute approximate surface area is 132 Å². The molecule has 4 rings (SSSR count). The predicted molar refractivity (Wildman–Crippen MR) is 87.7 cm³/mol. The van der Waals surface area contributed by atoms with Crippen LogP contribution in [0.25, 0.3) is 33.1 Å². The molecule has 0 spiro atoms. The molecule has 0 aliphatic carbocycles. The molecule has 0 saturated carbocycles. The van der Waals surface area contributed by atoms with Gasteiger partial charge in [0.05, 0.1) is 18.4 Å². The second-order valence-electron chi connectivity index (χ2n) is 5.60. The van der Waals surface area contributed by atoms with E-state index >= 15 is 0 Å². The van der Waals surface area contributed by atoms with Gasteiger partial charge in [-0.3, -0.25) is 0 Å². The number of benzene rings is 1. The van der Waals surface area contributed by atoms with Gasteiger partial charge in [-0.25, -0.2) is 9.97 Å². The highest BCUT2D eigenvalue weighted by Crippen LogP contribution is 2.39. The van der Waals surface area contributed by atoms with Crippen LogP contribution in [-0.2, 0) is 0 Å². The fourth-order valence-corrected chi connectivity index (χ4v) is 3.03. The zero-order chi connectivity index (χ0) is 16.1. The Kier molecular flexibility index (Phi) is 2.87. The molecular formula is C17H16N4O2. The van der Waals surface area contributed by atoms with Gasteiger partial charge in [-0.05, 0) is 32.9 Å². The summed E-state index contributed by atoms with van der Waals surface area (Å²) in [6, 6.07) is 4.06. The normalized spacial score (nSPS) is 11.5. The summed E-state index contributed by atoms with van der Waals surface area (Å²) in [6.07, 6.45) is 1.84. The van der Waals surface area contributed by atoms with Crippen molar-refractivity contribution >= 4 is 21.9 Å². The lowest BCUT2D eigenvalue weighted by Crippen LogP contribution is -1.90. The van der Waals surface area contributed by atoms with Gasteiger partial charge in [0, 0.05) is 28.0 Å². The second kappa shape index (κ2) is 4.81. The molecule has 23 heavy (non-hydrogen) atoms. The Morgan fingerprint density at radius 1 is 1.13 bits per heavy atom. The van der Waals surface area contributed by atoms with Crippen molar-refractivity contribution in [3.05, 3.63) is 35.6 Å². The standard InChI is InChI=1S/C17H16N4O2/c1-8-16(9(2)23-21-8)12-5-14-11(6-15(12)22-4)13-7-18-10(3)19-17(13)20-14/h5-7H,1-4H3,(H,18,19,20). The van der Waals surface area contributed by atoms with E-state index < -0.39 is 0 Å². The Morgan fingerprint density at radius 3 is 2.65 bits per heavy atom. The number of aryl methyl sites for hydroxylation is 3. The maximum absolute atomic E-state index is 5.61. The first kappa shape index (κ1) is 13.8. The van der Waals surface area contributed by atoms with E-state index in [4.69, 9.17) is 9.26 Å². The number of rotatable bonds is 2. The van der Waals surface area contributed by atoms with Crippen LogP contribution >= 0.6 is 0 Å². The summed E-state index contributed by atoms with van der Waals surface area (Å²) in [5.74, 6) is 2.28. The zero-order valence-corrected chi connectivity index (χ0v) is 13.4. The molecule has 0 unspecified atom stereocenters. The molecule has 0 radical (unpaired) electrons. The number of aromatic amines is 1. The predicted octanol–water partition coefficient (Wildman–Crippen LogP) is 3.70. The zero-order valence-electron chi connectivity index (χ0n) is 13.4. The SMILES string of the molecule is COc1cc2c(cc1-c1c(C)noc1C)[nH]c1nc(C)ncc12. The molecule has 0 aliphatic heterocycles. The van der Waals surface area contributed by atoms with Gasteiger partial charge in [-0.2, -0.15) is 0 Å². The largest absolute Gasteiger partial charge is 0.496 e. The van der Waals surface area contributed by atoms with Crippen molar-refractivity contribution in [2.75, 3.05) is 7.11 Å². The van der Waals surface area contributed by atoms with Crippen LogP contribution in [0.5, 0.6) is 5.75 Å². The Hall–Kier alpha value is -2.89. The number of H-pyrrole nitrogens is 1. The molecule has 6 heteroatoms. The number of hydrogen-bond acceptors (Lipinski definition) is 5. The Balaban J connectivity index is 2.08. The van der Waals surface area contributed by atoms with Crippen LogP contribution in [0.15, 0.2) is 22.9 Å². The fraction of sp³-hybridized carbons (Fsp3) is 0.235. The van der Waals surface area contributed by atoms with E-state index in [-0.39, 0.29) is 0 Å². The highest BCUT2D eigenvalue weighted by molar-refractivity contribution is 6.07. The van der Waals surface area contributed by atoms with Crippen LogP contribution < -0.4 is 4.74 Å². The molecule has 4 aromatic rings. The average molecular weight is 308 g/mol. The average Bonchev–Trinajstić information content (AvgIpc) is 3.04. The van der Waals surface area contributed by atoms with Gasteiger partial charge in [-0.15, -0.1) is 0 Å². The quantitative estimate of drug-likeness (QED) is 0.611. The summed E-state index contributed by atoms with van der Waals surface area (Å²) >= 11 is 0. The smallest absolute Gasteiger partial charge is 0.142 e. The molecule has 116 valence electrons. The highest BCUT2D eigenvalue weighted by Gasteiger charge is 2.18. The molecule has 0 amide bonds. The molecule has 0 saturated heterocycles. The number of methoxy groups -OCH3 is 1. The minimum Gasteiger partial charge on any atom is -0.496 e. The molecule has 0 atom stereocenters. The Bertz CT molecular complexity index is 1030. The van der Waals surface area contributed by atoms with E-state index in [1.54, 1.807) is 7.11 Å². The summed E-state index contributed by atoms with van der Waals surface area (Å²) in [6.45, 7) is 5.70. The maximum atomic E-state index is 5.61. The van der Waals surface area contributed by atoms with E-state index in [0.717, 1.165) is 56.1 Å². The van der Waals surface area contributed by atoms with Crippen LogP contribution in [-0.4, -0.2) is 27.2 Å². The number of ether oxygens (including phenoxy) is 1. The fourth-order valence-electron chi connectivity index (χ4n) is 3.03. The third-order valence-corrected chi connectivity index (χ3v) is 4.09. The lowest BCUT2D eigenvalue weighted by molar-refractivity contribution is 0.393.